The summed E-state index contributed by atoms with van der Waals surface area (Å²) >= 11 is 0. The van der Waals surface area contributed by atoms with Gasteiger partial charge >= 0.3 is 0 Å². The van der Waals surface area contributed by atoms with Crippen molar-refractivity contribution in [1.82, 2.24) is 19.9 Å². The zero-order valence-electron chi connectivity index (χ0n) is 14.6. The van der Waals surface area contributed by atoms with Crippen molar-refractivity contribution in [3.8, 4) is 11.6 Å². The summed E-state index contributed by atoms with van der Waals surface area (Å²) < 4.78 is 7.39. The average Bonchev–Trinajstić information content (AvgIpc) is 3.33. The summed E-state index contributed by atoms with van der Waals surface area (Å²) in [5.74, 6) is 1.86. The number of nitrogens with zero attached hydrogens (tertiary/aromatic N) is 4. The van der Waals surface area contributed by atoms with E-state index in [2.05, 4.69) is 20.4 Å². The molecule has 0 spiro atoms. The number of pyridine rings is 1. The highest BCUT2D eigenvalue weighted by Crippen LogP contribution is 2.29. The molecule has 0 aromatic carbocycles. The summed E-state index contributed by atoms with van der Waals surface area (Å²) in [6.07, 6.45) is 8.81. The molecule has 1 aliphatic carbocycles. The zero-order valence-corrected chi connectivity index (χ0v) is 14.6. The molecule has 1 aliphatic heterocycles. The van der Waals surface area contributed by atoms with Gasteiger partial charge in [0.15, 0.2) is 5.84 Å². The molecule has 2 aromatic heterocycles. The van der Waals surface area contributed by atoms with Gasteiger partial charge in [0.25, 0.3) is 0 Å². The molecule has 25 heavy (non-hydrogen) atoms. The molecule has 1 saturated carbocycles. The van der Waals surface area contributed by atoms with Gasteiger partial charge in [-0.15, -0.1) is 0 Å². The third-order valence-electron chi connectivity index (χ3n) is 4.97. The highest BCUT2D eigenvalue weighted by molar-refractivity contribution is 5.97. The highest BCUT2D eigenvalue weighted by atomic mass is 16.6. The topological polar surface area (TPSA) is 73.6 Å². The van der Waals surface area contributed by atoms with E-state index in [0.717, 1.165) is 17.1 Å². The number of nitrogens with one attached hydrogen (secondary N) is 1. The van der Waals surface area contributed by atoms with E-state index in [0.29, 0.717) is 30.3 Å². The quantitative estimate of drug-likeness (QED) is 0.924. The second-order valence-electron chi connectivity index (χ2n) is 6.68. The number of amidine groups is 1. The van der Waals surface area contributed by atoms with Gasteiger partial charge < -0.3 is 19.5 Å². The molecule has 7 nitrogen and oxygen atoms in total. The van der Waals surface area contributed by atoms with Crippen LogP contribution in [0.2, 0.25) is 0 Å². The number of imidazole rings is 1. The number of aromatic nitrogens is 3. The largest absolute Gasteiger partial charge is 0.479 e. The van der Waals surface area contributed by atoms with Gasteiger partial charge in [-0.2, -0.15) is 0 Å². The Bertz CT molecular complexity index is 780. The molecule has 1 fully saturated rings. The van der Waals surface area contributed by atoms with Crippen molar-refractivity contribution in [2.24, 2.45) is 11.1 Å². The molecule has 2 aromatic rings. The predicted molar refractivity (Wildman–Crippen MR) is 94.0 cm³/mol. The molecule has 7 heteroatoms. The minimum atomic E-state index is 0.304. The Morgan fingerprint density at radius 3 is 2.84 bits per heavy atom. The molecule has 0 bridgehead atoms. The van der Waals surface area contributed by atoms with Gasteiger partial charge in [-0.25, -0.2) is 9.97 Å². The predicted octanol–water partition coefficient (Wildman–Crippen LogP) is 2.42. The average molecular weight is 341 g/mol. The third kappa shape index (κ3) is 3.18. The summed E-state index contributed by atoms with van der Waals surface area (Å²) in [7, 11) is 1.62. The van der Waals surface area contributed by atoms with Crippen molar-refractivity contribution in [2.45, 2.75) is 38.6 Å². The molecule has 1 atom stereocenters. The van der Waals surface area contributed by atoms with Gasteiger partial charge in [-0.3, -0.25) is 0 Å². The second-order valence-corrected chi connectivity index (χ2v) is 6.68. The molecule has 1 unspecified atom stereocenters. The van der Waals surface area contributed by atoms with Crippen LogP contribution in [0.4, 0.5) is 0 Å². The minimum absolute atomic E-state index is 0.304. The van der Waals surface area contributed by atoms with Crippen LogP contribution in [0.15, 0.2) is 29.8 Å². The molecule has 2 aliphatic rings. The van der Waals surface area contributed by atoms with Crippen LogP contribution in [0.25, 0.3) is 5.69 Å². The van der Waals surface area contributed by atoms with Gasteiger partial charge in [0.1, 0.15) is 18.0 Å². The second kappa shape index (κ2) is 6.74. The number of methoxy groups -OCH3 is 1. The van der Waals surface area contributed by atoms with Crippen LogP contribution in [0.3, 0.4) is 0 Å². The number of hydrogen-bond acceptors (Lipinski definition) is 6. The molecule has 0 radical (unpaired) electrons. The fraction of sp³-hybridized carbons (Fsp3) is 0.500. The van der Waals surface area contributed by atoms with E-state index >= 15 is 0 Å². The van der Waals surface area contributed by atoms with E-state index in [1.807, 2.05) is 29.8 Å². The van der Waals surface area contributed by atoms with Crippen LogP contribution in [0.1, 0.15) is 37.1 Å². The Hall–Kier alpha value is -2.57. The number of oxime groups is 1. The summed E-state index contributed by atoms with van der Waals surface area (Å²) in [6.45, 7) is 2.57. The van der Waals surface area contributed by atoms with E-state index < -0.39 is 0 Å². The summed E-state index contributed by atoms with van der Waals surface area (Å²) in [5.41, 5.74) is 2.51. The van der Waals surface area contributed by atoms with Crippen LogP contribution in [0.5, 0.6) is 5.88 Å². The van der Waals surface area contributed by atoms with Crippen molar-refractivity contribution >= 4 is 5.84 Å². The van der Waals surface area contributed by atoms with E-state index in [4.69, 9.17) is 9.57 Å². The normalized spacial score (nSPS) is 20.7. The van der Waals surface area contributed by atoms with Crippen molar-refractivity contribution < 1.29 is 9.57 Å². The third-order valence-corrected chi connectivity index (χ3v) is 4.97. The zero-order chi connectivity index (χ0) is 17.2. The SMILES string of the molecule is COc1nc(C2=NOCC(C3CCCC3)N2)ccc1-n1cnc(C)c1. The van der Waals surface area contributed by atoms with Crippen molar-refractivity contribution in [3.05, 3.63) is 36.0 Å². The lowest BCUT2D eigenvalue weighted by Gasteiger charge is -2.28. The first-order chi connectivity index (χ1) is 12.2. The van der Waals surface area contributed by atoms with Crippen molar-refractivity contribution in [2.75, 3.05) is 13.7 Å². The Morgan fingerprint density at radius 1 is 1.28 bits per heavy atom. The lowest BCUT2D eigenvalue weighted by Crippen LogP contribution is -2.46. The Morgan fingerprint density at radius 2 is 2.12 bits per heavy atom. The van der Waals surface area contributed by atoms with Crippen LogP contribution in [0, 0.1) is 12.8 Å². The maximum absolute atomic E-state index is 5.48. The van der Waals surface area contributed by atoms with Crippen LogP contribution < -0.4 is 10.1 Å². The fourth-order valence-corrected chi connectivity index (χ4v) is 3.62. The van der Waals surface area contributed by atoms with Crippen molar-refractivity contribution in [3.63, 3.8) is 0 Å². The molecular weight excluding hydrogens is 318 g/mol. The van der Waals surface area contributed by atoms with Crippen molar-refractivity contribution in [1.29, 1.82) is 0 Å². The first-order valence-electron chi connectivity index (χ1n) is 8.77. The number of rotatable bonds is 4. The van der Waals surface area contributed by atoms with E-state index in [1.54, 1.807) is 13.4 Å². The standard InChI is InChI=1S/C18H23N5O2/c1-12-9-23(11-19-12)16-8-7-14(21-18(16)24-2)17-20-15(10-25-22-17)13-5-3-4-6-13/h7-9,11,13,15H,3-6,10H2,1-2H3,(H,20,22). The summed E-state index contributed by atoms with van der Waals surface area (Å²) in [4.78, 5) is 14.4. The molecular formula is C18H23N5O2. The van der Waals surface area contributed by atoms with Crippen LogP contribution in [-0.4, -0.2) is 40.1 Å². The Labute approximate surface area is 147 Å². The minimum Gasteiger partial charge on any atom is -0.479 e. The van der Waals surface area contributed by atoms with Gasteiger partial charge in [-0.1, -0.05) is 18.0 Å². The first kappa shape index (κ1) is 15.9. The summed E-state index contributed by atoms with van der Waals surface area (Å²) in [6, 6.07) is 4.20. The monoisotopic (exact) mass is 341 g/mol. The number of aryl methyl sites for hydroxylation is 1. The maximum Gasteiger partial charge on any atom is 0.238 e. The van der Waals surface area contributed by atoms with E-state index in [-0.39, 0.29) is 0 Å². The smallest absolute Gasteiger partial charge is 0.238 e. The van der Waals surface area contributed by atoms with Gasteiger partial charge in [0.2, 0.25) is 5.88 Å². The number of ether oxygens (including phenoxy) is 1. The molecule has 1 N–H and O–H groups in total. The number of hydrogen-bond donors (Lipinski definition) is 1. The lowest BCUT2D eigenvalue weighted by molar-refractivity contribution is 0.0904. The lowest BCUT2D eigenvalue weighted by atomic mass is 9.98. The van der Waals surface area contributed by atoms with E-state index in [1.165, 1.54) is 25.7 Å². The molecule has 3 heterocycles. The first-order valence-corrected chi connectivity index (χ1v) is 8.77. The molecule has 4 rings (SSSR count). The Balaban J connectivity index is 1.59. The highest BCUT2D eigenvalue weighted by Gasteiger charge is 2.29. The maximum atomic E-state index is 5.48. The summed E-state index contributed by atoms with van der Waals surface area (Å²) in [5, 5.41) is 7.69. The fourth-order valence-electron chi connectivity index (χ4n) is 3.62. The molecule has 0 saturated heterocycles. The van der Waals surface area contributed by atoms with Gasteiger partial charge in [0, 0.05) is 6.20 Å². The van der Waals surface area contributed by atoms with Gasteiger partial charge in [0.05, 0.1) is 25.2 Å². The van der Waals surface area contributed by atoms with E-state index in [9.17, 15) is 0 Å². The molecule has 0 amide bonds. The van der Waals surface area contributed by atoms with Gasteiger partial charge in [-0.05, 0) is 37.8 Å². The Kier molecular flexibility index (Phi) is 4.29. The van der Waals surface area contributed by atoms with Crippen LogP contribution >= 0.6 is 0 Å². The molecule has 132 valence electrons. The van der Waals surface area contributed by atoms with Crippen LogP contribution in [-0.2, 0) is 4.84 Å².